The number of fused-ring (bicyclic) bond motifs is 2. The summed E-state index contributed by atoms with van der Waals surface area (Å²) in [5.74, 6) is -1.34. The van der Waals surface area contributed by atoms with Crippen LogP contribution in [0, 0.1) is 18.7 Å². The summed E-state index contributed by atoms with van der Waals surface area (Å²) in [5, 5.41) is 27.5. The highest BCUT2D eigenvalue weighted by atomic mass is 35.5. The predicted octanol–water partition coefficient (Wildman–Crippen LogP) is 9.99. The fourth-order valence-corrected chi connectivity index (χ4v) is 12.6. The van der Waals surface area contributed by atoms with Crippen molar-refractivity contribution in [3.63, 3.8) is 0 Å². The zero-order valence-corrected chi connectivity index (χ0v) is 47.8. The lowest BCUT2D eigenvalue weighted by Gasteiger charge is -2.35. The van der Waals surface area contributed by atoms with Gasteiger partial charge in [-0.1, -0.05) is 87.5 Å². The van der Waals surface area contributed by atoms with Gasteiger partial charge in [-0.3, -0.25) is 19.3 Å². The first kappa shape index (κ1) is 57.2. The second-order valence-corrected chi connectivity index (χ2v) is 23.1. The second kappa shape index (κ2) is 25.0. The van der Waals surface area contributed by atoms with Crippen LogP contribution in [-0.4, -0.2) is 153 Å². The summed E-state index contributed by atoms with van der Waals surface area (Å²) >= 11 is 8.53. The summed E-state index contributed by atoms with van der Waals surface area (Å²) in [5.41, 5.74) is 5.45. The van der Waals surface area contributed by atoms with Gasteiger partial charge >= 0.3 is 6.01 Å². The van der Waals surface area contributed by atoms with E-state index < -0.39 is 23.9 Å². The first-order chi connectivity index (χ1) is 39.0. The first-order valence-electron chi connectivity index (χ1n) is 27.7. The molecule has 0 saturated carbocycles. The molecule has 426 valence electrons. The van der Waals surface area contributed by atoms with E-state index in [1.54, 1.807) is 34.4 Å². The lowest BCUT2D eigenvalue weighted by atomic mass is 9.89. The molecule has 81 heavy (non-hydrogen) atoms. The van der Waals surface area contributed by atoms with E-state index in [2.05, 4.69) is 38.7 Å². The lowest BCUT2D eigenvalue weighted by Crippen LogP contribution is -2.48. The average Bonchev–Trinajstić information content (AvgIpc) is 4.28. The Bertz CT molecular complexity index is 3420. The highest BCUT2D eigenvalue weighted by Gasteiger charge is 2.43. The van der Waals surface area contributed by atoms with Crippen molar-refractivity contribution in [1.82, 2.24) is 34.8 Å². The van der Waals surface area contributed by atoms with Crippen LogP contribution < -0.4 is 14.4 Å². The van der Waals surface area contributed by atoms with Crippen molar-refractivity contribution in [2.75, 3.05) is 70.5 Å². The van der Waals surface area contributed by atoms with Gasteiger partial charge in [0.25, 0.3) is 5.88 Å². The van der Waals surface area contributed by atoms with Gasteiger partial charge in [-0.05, 0) is 95.4 Å². The Labute approximate surface area is 479 Å². The largest absolute Gasteiger partial charge is 0.508 e. The number of carbonyl (C=O) groups excluding carboxylic acids is 3. The van der Waals surface area contributed by atoms with Crippen molar-refractivity contribution >= 4 is 68.0 Å². The Kier molecular flexibility index (Phi) is 17.7. The minimum Gasteiger partial charge on any atom is -0.508 e. The predicted molar refractivity (Wildman–Crippen MR) is 310 cm³/mol. The number of phenolic OH excluding ortho intramolecular Hbond substituents is 1. The molecular weight excluding hydrogens is 1080 g/mol. The number of amides is 2. The van der Waals surface area contributed by atoms with Gasteiger partial charge < -0.3 is 43.6 Å². The lowest BCUT2D eigenvalue weighted by molar-refractivity contribution is -0.140. The molecule has 2 N–H and O–H groups in total. The SMILES string of the molecule is C=CC(=O)N1CCN(c2nc(O[C@H](C)CN3CCC(OCCOc4cc([C@@H](C(=O)N5C[C@H](O)C[C@H]5C(=O)C[C@@H](C)c5ccc(-c6scnc6C)cc5)C(C)C)on4)CC3)nc3c(F)c(-c4cc(O)cc5ccccc45)c(Cl)cc23)CC1. The monoisotopic (exact) mass is 1140 g/mol. The number of halogens is 2. The molecule has 2 amide bonds. The quantitative estimate of drug-likeness (QED) is 0.0540. The second-order valence-electron chi connectivity index (χ2n) is 21.8. The Morgan fingerprint density at radius 1 is 0.951 bits per heavy atom. The molecule has 4 aromatic carbocycles. The Morgan fingerprint density at radius 2 is 1.70 bits per heavy atom. The number of anilines is 1. The van der Waals surface area contributed by atoms with E-state index in [4.69, 9.17) is 35.3 Å². The van der Waals surface area contributed by atoms with Crippen molar-refractivity contribution in [2.24, 2.45) is 5.92 Å². The maximum Gasteiger partial charge on any atom is 0.319 e. The third-order valence-electron chi connectivity index (χ3n) is 15.7. The maximum absolute atomic E-state index is 17.2. The van der Waals surface area contributed by atoms with E-state index in [0.29, 0.717) is 67.2 Å². The number of nitrogens with zero attached hydrogens (tertiary/aromatic N) is 8. The van der Waals surface area contributed by atoms with Gasteiger partial charge in [0, 0.05) is 82.2 Å². The molecule has 0 unspecified atom stereocenters. The third kappa shape index (κ3) is 12.7. The number of phenols is 1. The van der Waals surface area contributed by atoms with Crippen LogP contribution in [0.2, 0.25) is 5.02 Å². The zero-order valence-electron chi connectivity index (χ0n) is 46.2. The fourth-order valence-electron chi connectivity index (χ4n) is 11.5. The molecule has 0 bridgehead atoms. The number of piperidine rings is 1. The normalized spacial score (nSPS) is 18.4. The van der Waals surface area contributed by atoms with E-state index in [0.717, 1.165) is 53.0 Å². The number of Topliss-reactive ketones (excluding diaryl/α,β-unsaturated/α-hetero) is 1. The maximum atomic E-state index is 17.2. The number of aromatic hydroxyl groups is 1. The van der Waals surface area contributed by atoms with Crippen LogP contribution in [0.3, 0.4) is 0 Å². The molecular formula is C61H68ClFN8O9S. The number of benzene rings is 4. The number of aliphatic hydroxyl groups excluding tert-OH is 1. The number of aromatic nitrogens is 4. The number of rotatable bonds is 20. The Morgan fingerprint density at radius 3 is 2.42 bits per heavy atom. The first-order valence-corrected chi connectivity index (χ1v) is 29.0. The molecule has 0 spiro atoms. The van der Waals surface area contributed by atoms with Gasteiger partial charge in [-0.25, -0.2) is 9.37 Å². The molecule has 3 fully saturated rings. The third-order valence-corrected chi connectivity index (χ3v) is 17.0. The van der Waals surface area contributed by atoms with Gasteiger partial charge in [0.05, 0.1) is 46.0 Å². The van der Waals surface area contributed by atoms with Crippen LogP contribution in [0.25, 0.3) is 43.2 Å². The van der Waals surface area contributed by atoms with Gasteiger partial charge in [0.1, 0.15) is 35.7 Å². The number of thiazole rings is 1. The number of likely N-dealkylation sites (tertiary alicyclic amines) is 2. The molecule has 20 heteroatoms. The van der Waals surface area contributed by atoms with Crippen LogP contribution in [0.4, 0.5) is 10.2 Å². The van der Waals surface area contributed by atoms with E-state index in [-0.39, 0.29) is 101 Å². The fraction of sp³-hybridized carbons (Fsp3) is 0.426. The number of ether oxygens (including phenoxy) is 3. The zero-order chi connectivity index (χ0) is 57.1. The molecule has 3 aliphatic rings. The van der Waals surface area contributed by atoms with Crippen LogP contribution in [0.5, 0.6) is 17.6 Å². The van der Waals surface area contributed by atoms with Gasteiger partial charge in [-0.2, -0.15) is 9.97 Å². The molecule has 17 nitrogen and oxygen atoms in total. The van der Waals surface area contributed by atoms with Crippen molar-refractivity contribution in [3.8, 4) is 39.2 Å². The average molecular weight is 1140 g/mol. The van der Waals surface area contributed by atoms with E-state index >= 15 is 4.39 Å². The summed E-state index contributed by atoms with van der Waals surface area (Å²) in [4.78, 5) is 63.1. The van der Waals surface area contributed by atoms with E-state index in [1.807, 2.05) is 81.4 Å². The molecule has 3 aliphatic heterocycles. The number of piperazine rings is 1. The summed E-state index contributed by atoms with van der Waals surface area (Å²) in [6, 6.07) is 21.2. The molecule has 3 saturated heterocycles. The van der Waals surface area contributed by atoms with Crippen LogP contribution in [0.1, 0.15) is 82.2 Å². The molecule has 10 rings (SSSR count). The van der Waals surface area contributed by atoms with Crippen LogP contribution >= 0.6 is 22.9 Å². The molecule has 0 radical (unpaired) electrons. The minimum atomic E-state index is -0.820. The molecule has 3 aromatic heterocycles. The number of β-amino-alcohol motifs (C(OH)–C–C–N with tert-alkyl or cyclic N) is 1. The summed E-state index contributed by atoms with van der Waals surface area (Å²) in [6.45, 7) is 17.6. The van der Waals surface area contributed by atoms with Crippen molar-refractivity contribution in [1.29, 1.82) is 0 Å². The summed E-state index contributed by atoms with van der Waals surface area (Å²) in [6.07, 6.45) is 2.01. The van der Waals surface area contributed by atoms with Crippen molar-refractivity contribution in [3.05, 3.63) is 119 Å². The van der Waals surface area contributed by atoms with Crippen molar-refractivity contribution in [2.45, 2.75) is 96.5 Å². The molecule has 5 atom stereocenters. The number of aryl methyl sites for hydroxylation is 1. The summed E-state index contributed by atoms with van der Waals surface area (Å²) in [7, 11) is 0. The van der Waals surface area contributed by atoms with E-state index in [1.165, 1.54) is 17.0 Å². The van der Waals surface area contributed by atoms with E-state index in [9.17, 15) is 24.6 Å². The van der Waals surface area contributed by atoms with Gasteiger partial charge in [0.15, 0.2) is 17.4 Å². The van der Waals surface area contributed by atoms with Gasteiger partial charge in [0.2, 0.25) is 11.8 Å². The topological polar surface area (TPSA) is 197 Å². The number of carbonyl (C=O) groups is 3. The Hall–Kier alpha value is -7.03. The smallest absolute Gasteiger partial charge is 0.319 e. The molecule has 0 aliphatic carbocycles. The highest BCUT2D eigenvalue weighted by molar-refractivity contribution is 7.13. The number of hydrogen-bond acceptors (Lipinski definition) is 16. The summed E-state index contributed by atoms with van der Waals surface area (Å²) < 4.78 is 41.5. The number of aliphatic hydroxyl groups is 1. The standard InChI is InChI=1S/C61H68ClFN8O9S/c1-7-53(75)69-20-22-70(23-21-69)59-47-30-48(62)55(46-28-42(72)27-41-10-8-9-11-45(41)46)56(63)57(47)65-61(66-59)79-37(5)32-68-18-16-44(17-19-68)77-24-25-78-52-31-51(80-67-52)54(35(2)3)60(76)71-33-43(73)29-49(71)50(74)26-36(4)39-12-14-40(15-13-39)58-38(6)64-34-81-58/h7-15,27-28,30-31,34-37,43-44,49,54,72-73H,1,16-26,29,32-33H2,2-6H3/t36-,37-,43-,49+,54+/m1/s1. The Balaban J connectivity index is 0.722. The minimum absolute atomic E-state index is 0.000419. The number of hydrogen-bond donors (Lipinski definition) is 2. The van der Waals surface area contributed by atoms with Crippen LogP contribution in [0.15, 0.2) is 95.5 Å². The van der Waals surface area contributed by atoms with Gasteiger partial charge in [-0.15, -0.1) is 11.3 Å². The molecule has 6 heterocycles. The molecule has 7 aromatic rings. The highest BCUT2D eigenvalue weighted by Crippen LogP contribution is 2.43. The van der Waals surface area contributed by atoms with Crippen LogP contribution in [-0.2, 0) is 19.1 Å². The van der Waals surface area contributed by atoms with Crippen molar-refractivity contribution < 1.29 is 47.7 Å². The number of ketones is 1.